The van der Waals surface area contributed by atoms with Gasteiger partial charge in [0, 0.05) is 37.9 Å². The van der Waals surface area contributed by atoms with E-state index in [-0.39, 0.29) is 11.9 Å². The molecule has 2 heterocycles. The van der Waals surface area contributed by atoms with Gasteiger partial charge in [0.25, 0.3) is 0 Å². The SMILES string of the molecule is Cc1cccc(N2CCN(c3nc4ccccc4nc3[C@@H](C#N)C(=O)NC3CCCCC3)CC2)c1C. The van der Waals surface area contributed by atoms with Gasteiger partial charge in [-0.25, -0.2) is 9.97 Å². The Morgan fingerprint density at radius 2 is 1.61 bits per heavy atom. The van der Waals surface area contributed by atoms with E-state index in [1.165, 1.54) is 23.2 Å². The van der Waals surface area contributed by atoms with Gasteiger partial charge >= 0.3 is 0 Å². The maximum atomic E-state index is 13.3. The third-order valence-corrected chi connectivity index (χ3v) is 7.69. The van der Waals surface area contributed by atoms with Gasteiger partial charge in [0.05, 0.1) is 17.1 Å². The van der Waals surface area contributed by atoms with Gasteiger partial charge in [-0.2, -0.15) is 5.26 Å². The molecule has 186 valence electrons. The minimum Gasteiger partial charge on any atom is -0.368 e. The summed E-state index contributed by atoms with van der Waals surface area (Å²) in [6.45, 7) is 7.48. The number of carbonyl (C=O) groups is 1. The number of rotatable bonds is 5. The van der Waals surface area contributed by atoms with E-state index in [9.17, 15) is 10.1 Å². The number of aryl methyl sites for hydroxylation is 1. The highest BCUT2D eigenvalue weighted by Crippen LogP contribution is 2.30. The van der Waals surface area contributed by atoms with Gasteiger partial charge < -0.3 is 15.1 Å². The summed E-state index contributed by atoms with van der Waals surface area (Å²) in [6, 6.07) is 16.5. The Morgan fingerprint density at radius 3 is 2.31 bits per heavy atom. The third-order valence-electron chi connectivity index (χ3n) is 7.69. The molecule has 2 aliphatic rings. The van der Waals surface area contributed by atoms with Crippen molar-refractivity contribution in [2.24, 2.45) is 0 Å². The number of piperazine rings is 1. The topological polar surface area (TPSA) is 85.2 Å². The largest absolute Gasteiger partial charge is 0.368 e. The van der Waals surface area contributed by atoms with Crippen molar-refractivity contribution in [3.05, 3.63) is 59.3 Å². The first-order valence-corrected chi connectivity index (χ1v) is 13.1. The highest BCUT2D eigenvalue weighted by Gasteiger charge is 2.31. The zero-order chi connectivity index (χ0) is 25.1. The van der Waals surface area contributed by atoms with Crippen molar-refractivity contribution in [1.82, 2.24) is 15.3 Å². The molecule has 2 aromatic carbocycles. The first-order chi connectivity index (χ1) is 17.5. The van der Waals surface area contributed by atoms with Crippen molar-refractivity contribution < 1.29 is 4.79 Å². The predicted octanol–water partition coefficient (Wildman–Crippen LogP) is 4.63. The van der Waals surface area contributed by atoms with Gasteiger partial charge in [0.1, 0.15) is 5.69 Å². The lowest BCUT2D eigenvalue weighted by molar-refractivity contribution is -0.122. The van der Waals surface area contributed by atoms with Crippen LogP contribution < -0.4 is 15.1 Å². The van der Waals surface area contributed by atoms with E-state index in [4.69, 9.17) is 9.97 Å². The molecule has 7 nitrogen and oxygen atoms in total. The Bertz CT molecular complexity index is 1280. The van der Waals surface area contributed by atoms with Crippen molar-refractivity contribution in [2.45, 2.75) is 57.9 Å². The number of carbonyl (C=O) groups excluding carboxylic acids is 1. The van der Waals surface area contributed by atoms with E-state index in [2.05, 4.69) is 53.2 Å². The van der Waals surface area contributed by atoms with Crippen LogP contribution in [0.15, 0.2) is 42.5 Å². The average Bonchev–Trinajstić information content (AvgIpc) is 2.91. The van der Waals surface area contributed by atoms with E-state index in [1.54, 1.807) is 0 Å². The maximum Gasteiger partial charge on any atom is 0.243 e. The van der Waals surface area contributed by atoms with Crippen LogP contribution in [0.3, 0.4) is 0 Å². The fraction of sp³-hybridized carbons (Fsp3) is 0.448. The van der Waals surface area contributed by atoms with Crippen LogP contribution in [0.25, 0.3) is 11.0 Å². The first kappa shape index (κ1) is 24.1. The van der Waals surface area contributed by atoms with Crippen molar-refractivity contribution in [2.75, 3.05) is 36.0 Å². The Kier molecular flexibility index (Phi) is 7.04. The highest BCUT2D eigenvalue weighted by atomic mass is 16.2. The molecule has 1 aliphatic heterocycles. The second-order valence-electron chi connectivity index (χ2n) is 10.0. The summed E-state index contributed by atoms with van der Waals surface area (Å²) in [5.74, 6) is -0.597. The van der Waals surface area contributed by atoms with Crippen molar-refractivity contribution in [3.8, 4) is 6.07 Å². The second kappa shape index (κ2) is 10.5. The number of para-hydroxylation sites is 2. The summed E-state index contributed by atoms with van der Waals surface area (Å²) in [4.78, 5) is 27.7. The number of nitrogens with one attached hydrogen (secondary N) is 1. The third kappa shape index (κ3) is 4.86. The van der Waals surface area contributed by atoms with Gasteiger partial charge in [0.15, 0.2) is 11.7 Å². The number of anilines is 2. The van der Waals surface area contributed by atoms with Gasteiger partial charge in [-0.3, -0.25) is 4.79 Å². The summed E-state index contributed by atoms with van der Waals surface area (Å²) in [5.41, 5.74) is 5.80. The number of fused-ring (bicyclic) bond motifs is 1. The quantitative estimate of drug-likeness (QED) is 0.571. The lowest BCUT2D eigenvalue weighted by Gasteiger charge is -2.38. The number of nitriles is 1. The zero-order valence-electron chi connectivity index (χ0n) is 21.2. The molecule has 0 spiro atoms. The molecule has 0 radical (unpaired) electrons. The van der Waals surface area contributed by atoms with E-state index in [0.717, 1.165) is 57.4 Å². The Hall–Kier alpha value is -3.66. The van der Waals surface area contributed by atoms with Crippen LogP contribution in [-0.4, -0.2) is 48.1 Å². The lowest BCUT2D eigenvalue weighted by atomic mass is 9.94. The van der Waals surface area contributed by atoms with Gasteiger partial charge in [-0.1, -0.05) is 43.5 Å². The van der Waals surface area contributed by atoms with Crippen LogP contribution >= 0.6 is 0 Å². The van der Waals surface area contributed by atoms with E-state index >= 15 is 0 Å². The minimum absolute atomic E-state index is 0.139. The van der Waals surface area contributed by atoms with Crippen molar-refractivity contribution in [1.29, 1.82) is 5.26 Å². The van der Waals surface area contributed by atoms with Crippen LogP contribution in [0.1, 0.15) is 54.8 Å². The number of aromatic nitrogens is 2. The second-order valence-corrected chi connectivity index (χ2v) is 10.0. The molecule has 7 heteroatoms. The molecule has 1 aliphatic carbocycles. The van der Waals surface area contributed by atoms with Gasteiger partial charge in [-0.15, -0.1) is 0 Å². The molecule has 1 amide bonds. The average molecular weight is 483 g/mol. The molecule has 1 saturated carbocycles. The van der Waals surface area contributed by atoms with Crippen molar-refractivity contribution in [3.63, 3.8) is 0 Å². The Morgan fingerprint density at radius 1 is 0.944 bits per heavy atom. The highest BCUT2D eigenvalue weighted by molar-refractivity contribution is 5.89. The Labute approximate surface area is 213 Å². The monoisotopic (exact) mass is 482 g/mol. The number of benzene rings is 2. The molecule has 3 aromatic rings. The van der Waals surface area contributed by atoms with Crippen LogP contribution in [0.2, 0.25) is 0 Å². The summed E-state index contributed by atoms with van der Waals surface area (Å²) >= 11 is 0. The van der Waals surface area contributed by atoms with E-state index in [0.29, 0.717) is 17.0 Å². The Balaban J connectivity index is 1.43. The molecular formula is C29H34N6O. The smallest absolute Gasteiger partial charge is 0.243 e. The van der Waals surface area contributed by atoms with E-state index < -0.39 is 5.92 Å². The molecule has 1 aromatic heterocycles. The first-order valence-electron chi connectivity index (χ1n) is 13.1. The molecule has 1 atom stereocenters. The maximum absolute atomic E-state index is 13.3. The normalized spacial score (nSPS) is 17.6. The van der Waals surface area contributed by atoms with Crippen molar-refractivity contribution >= 4 is 28.4 Å². The van der Waals surface area contributed by atoms with Crippen LogP contribution in [0.5, 0.6) is 0 Å². The molecule has 1 N–H and O–H groups in total. The molecule has 0 bridgehead atoms. The summed E-state index contributed by atoms with van der Waals surface area (Å²) in [5, 5.41) is 13.2. The van der Waals surface area contributed by atoms with Crippen LogP contribution in [0.4, 0.5) is 11.5 Å². The number of nitrogens with zero attached hydrogens (tertiary/aromatic N) is 5. The molecule has 5 rings (SSSR count). The standard InChI is InChI=1S/C29H34N6O/c1-20-9-8-14-26(21(20)2)34-15-17-35(18-16-34)28-27(32-24-12-6-7-13-25(24)33-28)23(19-30)29(36)31-22-10-4-3-5-11-22/h6-9,12-14,22-23H,3-5,10-11,15-18H2,1-2H3,(H,31,36)/t23-/m1/s1. The number of hydrogen-bond acceptors (Lipinski definition) is 6. The molecule has 2 fully saturated rings. The molecule has 36 heavy (non-hydrogen) atoms. The molecular weight excluding hydrogens is 448 g/mol. The number of amides is 1. The fourth-order valence-electron chi connectivity index (χ4n) is 5.44. The molecule has 0 unspecified atom stereocenters. The summed E-state index contributed by atoms with van der Waals surface area (Å²) in [6.07, 6.45) is 5.39. The molecule has 1 saturated heterocycles. The summed E-state index contributed by atoms with van der Waals surface area (Å²) < 4.78 is 0. The fourth-order valence-corrected chi connectivity index (χ4v) is 5.44. The lowest BCUT2D eigenvalue weighted by Crippen LogP contribution is -2.48. The van der Waals surface area contributed by atoms with E-state index in [1.807, 2.05) is 24.3 Å². The number of hydrogen-bond donors (Lipinski definition) is 1. The van der Waals surface area contributed by atoms with Gasteiger partial charge in [-0.05, 0) is 56.0 Å². The summed E-state index contributed by atoms with van der Waals surface area (Å²) in [7, 11) is 0. The van der Waals surface area contributed by atoms with Gasteiger partial charge in [0.2, 0.25) is 5.91 Å². The van der Waals surface area contributed by atoms with Crippen LogP contribution in [0, 0.1) is 25.2 Å². The zero-order valence-corrected chi connectivity index (χ0v) is 21.2. The predicted molar refractivity (Wildman–Crippen MR) is 143 cm³/mol. The minimum atomic E-state index is -0.990. The van der Waals surface area contributed by atoms with Crippen LogP contribution in [-0.2, 0) is 4.79 Å².